The second kappa shape index (κ2) is 9.03. The summed E-state index contributed by atoms with van der Waals surface area (Å²) in [6.45, 7) is 4.39. The van der Waals surface area contributed by atoms with Gasteiger partial charge in [-0.25, -0.2) is 4.99 Å². The third-order valence-corrected chi connectivity index (χ3v) is 2.68. The van der Waals surface area contributed by atoms with E-state index in [4.69, 9.17) is 15.2 Å². The lowest BCUT2D eigenvalue weighted by Crippen LogP contribution is -2.32. The minimum Gasteiger partial charge on any atom is -0.508 e. The number of guanidine groups is 1. The number of phenolic OH excluding ortho intramolecular Hbond substituents is 1. The molecule has 4 N–H and O–H groups in total. The number of nitrogens with zero attached hydrogens (tertiary/aromatic N) is 1. The van der Waals surface area contributed by atoms with E-state index in [0.29, 0.717) is 37.0 Å². The Labute approximate surface area is 119 Å². The molecule has 112 valence electrons. The van der Waals surface area contributed by atoms with Crippen LogP contribution in [0.15, 0.2) is 23.2 Å². The summed E-state index contributed by atoms with van der Waals surface area (Å²) in [5.74, 6) is 1.21. The third-order valence-electron chi connectivity index (χ3n) is 2.68. The van der Waals surface area contributed by atoms with Crippen molar-refractivity contribution < 1.29 is 14.6 Å². The van der Waals surface area contributed by atoms with E-state index < -0.39 is 0 Å². The Hall–Kier alpha value is -1.95. The molecule has 1 aromatic carbocycles. The smallest absolute Gasteiger partial charge is 0.188 e. The standard InChI is InChI=1S/C14H23N3O3/c1-3-20-8-4-7-16-14(15)17-10-11-9-12(19-2)5-6-13(11)18/h5-6,9,18H,3-4,7-8,10H2,1-2H3,(H3,15,16,17). The number of aliphatic imine (C=N–C) groups is 1. The number of hydrogen-bond donors (Lipinski definition) is 3. The van der Waals surface area contributed by atoms with Gasteiger partial charge in [0.1, 0.15) is 11.5 Å². The first-order valence-electron chi connectivity index (χ1n) is 6.64. The highest BCUT2D eigenvalue weighted by molar-refractivity contribution is 5.77. The van der Waals surface area contributed by atoms with E-state index >= 15 is 0 Å². The minimum atomic E-state index is 0.179. The average molecular weight is 281 g/mol. The van der Waals surface area contributed by atoms with Crippen molar-refractivity contribution in [2.24, 2.45) is 10.7 Å². The summed E-state index contributed by atoms with van der Waals surface area (Å²) < 4.78 is 10.3. The monoisotopic (exact) mass is 281 g/mol. The number of rotatable bonds is 8. The van der Waals surface area contributed by atoms with Crippen molar-refractivity contribution in [3.05, 3.63) is 23.8 Å². The molecule has 0 aliphatic heterocycles. The van der Waals surface area contributed by atoms with Gasteiger partial charge in [-0.3, -0.25) is 0 Å². The first kappa shape index (κ1) is 16.1. The molecule has 20 heavy (non-hydrogen) atoms. The normalized spacial score (nSPS) is 11.4. The first-order valence-corrected chi connectivity index (χ1v) is 6.64. The van der Waals surface area contributed by atoms with E-state index in [9.17, 15) is 5.11 Å². The Balaban J connectivity index is 2.42. The van der Waals surface area contributed by atoms with Gasteiger partial charge in [0, 0.05) is 25.3 Å². The number of methoxy groups -OCH3 is 1. The Morgan fingerprint density at radius 3 is 2.95 bits per heavy atom. The van der Waals surface area contributed by atoms with Gasteiger partial charge in [-0.1, -0.05) is 0 Å². The van der Waals surface area contributed by atoms with Gasteiger partial charge in [-0.15, -0.1) is 0 Å². The summed E-state index contributed by atoms with van der Waals surface area (Å²) in [7, 11) is 1.58. The lowest BCUT2D eigenvalue weighted by molar-refractivity contribution is 0.145. The molecule has 6 heteroatoms. The van der Waals surface area contributed by atoms with Gasteiger partial charge >= 0.3 is 0 Å². The average Bonchev–Trinajstić information content (AvgIpc) is 2.46. The molecule has 0 aliphatic rings. The zero-order valence-corrected chi connectivity index (χ0v) is 12.1. The molecule has 0 saturated carbocycles. The van der Waals surface area contributed by atoms with E-state index in [1.54, 1.807) is 25.3 Å². The lowest BCUT2D eigenvalue weighted by atomic mass is 10.2. The Morgan fingerprint density at radius 2 is 2.25 bits per heavy atom. The van der Waals surface area contributed by atoms with E-state index in [1.807, 2.05) is 6.92 Å². The molecule has 0 fully saturated rings. The molecule has 1 rings (SSSR count). The highest BCUT2D eigenvalue weighted by atomic mass is 16.5. The van der Waals surface area contributed by atoms with Crippen LogP contribution in [-0.4, -0.2) is 37.9 Å². The SMILES string of the molecule is CCOCCCNC(N)=NCc1cc(OC)ccc1O. The van der Waals surface area contributed by atoms with Crippen molar-refractivity contribution in [2.75, 3.05) is 26.9 Å². The van der Waals surface area contributed by atoms with Crippen LogP contribution in [0.5, 0.6) is 11.5 Å². The maximum Gasteiger partial charge on any atom is 0.188 e. The van der Waals surface area contributed by atoms with E-state index in [0.717, 1.165) is 13.0 Å². The van der Waals surface area contributed by atoms with Crippen LogP contribution in [0.2, 0.25) is 0 Å². The van der Waals surface area contributed by atoms with Crippen molar-refractivity contribution >= 4 is 5.96 Å². The second-order valence-electron chi connectivity index (χ2n) is 4.17. The number of aromatic hydroxyl groups is 1. The molecule has 0 radical (unpaired) electrons. The maximum absolute atomic E-state index is 9.71. The Morgan fingerprint density at radius 1 is 1.45 bits per heavy atom. The zero-order chi connectivity index (χ0) is 14.8. The molecule has 0 aromatic heterocycles. The molecule has 0 heterocycles. The van der Waals surface area contributed by atoms with Crippen LogP contribution < -0.4 is 15.8 Å². The predicted molar refractivity (Wildman–Crippen MR) is 79.1 cm³/mol. The highest BCUT2D eigenvalue weighted by Gasteiger charge is 2.02. The predicted octanol–water partition coefficient (Wildman–Crippen LogP) is 1.23. The molecule has 0 atom stereocenters. The molecule has 0 spiro atoms. The maximum atomic E-state index is 9.71. The largest absolute Gasteiger partial charge is 0.508 e. The van der Waals surface area contributed by atoms with Crippen molar-refractivity contribution in [1.82, 2.24) is 5.32 Å². The number of hydrogen-bond acceptors (Lipinski definition) is 4. The molecule has 0 bridgehead atoms. The third kappa shape index (κ3) is 5.79. The fourth-order valence-corrected chi connectivity index (χ4v) is 1.58. The Kier molecular flexibility index (Phi) is 7.27. The number of benzene rings is 1. The quantitative estimate of drug-likeness (QED) is 0.379. The molecule has 6 nitrogen and oxygen atoms in total. The molecular formula is C14H23N3O3. The van der Waals surface area contributed by atoms with Gasteiger partial charge in [-0.2, -0.15) is 0 Å². The molecule has 0 unspecified atom stereocenters. The van der Waals surface area contributed by atoms with Crippen LogP contribution in [-0.2, 0) is 11.3 Å². The van der Waals surface area contributed by atoms with Gasteiger partial charge in [-0.05, 0) is 31.5 Å². The molecule has 0 amide bonds. The Bertz CT molecular complexity index is 436. The van der Waals surface area contributed by atoms with Gasteiger partial charge in [0.15, 0.2) is 5.96 Å². The first-order chi connectivity index (χ1) is 9.67. The highest BCUT2D eigenvalue weighted by Crippen LogP contribution is 2.23. The zero-order valence-electron chi connectivity index (χ0n) is 12.1. The van der Waals surface area contributed by atoms with Gasteiger partial charge < -0.3 is 25.6 Å². The van der Waals surface area contributed by atoms with Crippen LogP contribution >= 0.6 is 0 Å². The van der Waals surface area contributed by atoms with Crippen LogP contribution in [0.3, 0.4) is 0 Å². The summed E-state index contributed by atoms with van der Waals surface area (Å²) in [6, 6.07) is 5.01. The number of ether oxygens (including phenoxy) is 2. The van der Waals surface area contributed by atoms with Gasteiger partial charge in [0.25, 0.3) is 0 Å². The lowest BCUT2D eigenvalue weighted by Gasteiger charge is -2.07. The van der Waals surface area contributed by atoms with Crippen molar-refractivity contribution in [3.8, 4) is 11.5 Å². The van der Waals surface area contributed by atoms with Gasteiger partial charge in [0.05, 0.1) is 13.7 Å². The van der Waals surface area contributed by atoms with Crippen LogP contribution in [0.25, 0.3) is 0 Å². The molecule has 1 aromatic rings. The van der Waals surface area contributed by atoms with E-state index in [1.165, 1.54) is 0 Å². The summed E-state index contributed by atoms with van der Waals surface area (Å²) >= 11 is 0. The van der Waals surface area contributed by atoms with Crippen molar-refractivity contribution in [1.29, 1.82) is 0 Å². The van der Waals surface area contributed by atoms with E-state index in [2.05, 4.69) is 10.3 Å². The minimum absolute atomic E-state index is 0.179. The van der Waals surface area contributed by atoms with Crippen molar-refractivity contribution in [2.45, 2.75) is 19.9 Å². The number of nitrogens with two attached hydrogens (primary N) is 1. The number of phenols is 1. The molecule has 0 aliphatic carbocycles. The van der Waals surface area contributed by atoms with E-state index in [-0.39, 0.29) is 5.75 Å². The number of nitrogens with one attached hydrogen (secondary N) is 1. The van der Waals surface area contributed by atoms with Crippen LogP contribution in [0, 0.1) is 0 Å². The molecular weight excluding hydrogens is 258 g/mol. The summed E-state index contributed by atoms with van der Waals surface area (Å²) in [5, 5.41) is 12.7. The second-order valence-corrected chi connectivity index (χ2v) is 4.17. The van der Waals surface area contributed by atoms with Crippen molar-refractivity contribution in [3.63, 3.8) is 0 Å². The summed E-state index contributed by atoms with van der Waals surface area (Å²) in [4.78, 5) is 4.18. The fraction of sp³-hybridized carbons (Fsp3) is 0.500. The summed E-state index contributed by atoms with van der Waals surface area (Å²) in [5.41, 5.74) is 6.41. The van der Waals surface area contributed by atoms with Gasteiger partial charge in [0.2, 0.25) is 0 Å². The fourth-order valence-electron chi connectivity index (χ4n) is 1.58. The topological polar surface area (TPSA) is 89.1 Å². The van der Waals surface area contributed by atoms with Crippen LogP contribution in [0.4, 0.5) is 0 Å². The molecule has 0 saturated heterocycles. The summed E-state index contributed by atoms with van der Waals surface area (Å²) in [6.07, 6.45) is 0.870. The van der Waals surface area contributed by atoms with Crippen LogP contribution in [0.1, 0.15) is 18.9 Å².